The van der Waals surface area contributed by atoms with Gasteiger partial charge in [-0.3, -0.25) is 0 Å². The molecule has 166 valence electrons. The number of thiophene rings is 1. The summed E-state index contributed by atoms with van der Waals surface area (Å²) in [6.07, 6.45) is 30.9. The highest BCUT2D eigenvalue weighted by atomic mass is 32.2. The van der Waals surface area contributed by atoms with Crippen LogP contribution in [0.4, 0.5) is 0 Å². The lowest BCUT2D eigenvalue weighted by atomic mass is 9.30. The number of nitrogens with zero attached hydrogens (tertiary/aromatic N) is 1. The Kier molecular flexibility index (Phi) is 3.78. The molecule has 0 saturated carbocycles. The van der Waals surface area contributed by atoms with E-state index in [1.807, 2.05) is 0 Å². The lowest BCUT2D eigenvalue weighted by Gasteiger charge is -2.49. The summed E-state index contributed by atoms with van der Waals surface area (Å²) in [7, 11) is 0. The number of aryl methyl sites for hydroxylation is 1. The first kappa shape index (κ1) is 19.1. The van der Waals surface area contributed by atoms with E-state index in [9.17, 15) is 0 Å². The van der Waals surface area contributed by atoms with Gasteiger partial charge in [0.25, 0.3) is 0 Å². The van der Waals surface area contributed by atoms with E-state index in [0.717, 1.165) is 6.42 Å². The maximum absolute atomic E-state index is 2.93. The van der Waals surface area contributed by atoms with Crippen LogP contribution in [-0.4, -0.2) is 23.7 Å². The molecule has 1 nitrogen and oxygen atoms in total. The largest absolute Gasteiger partial charge is 0.361 e. The third-order valence-corrected chi connectivity index (χ3v) is 11.8. The summed E-state index contributed by atoms with van der Waals surface area (Å²) in [5.41, 5.74) is 9.91. The molecule has 0 bridgehead atoms. The molecule has 3 atom stereocenters. The molecule has 4 heteroatoms. The predicted octanol–water partition coefficient (Wildman–Crippen LogP) is 5.62. The monoisotopic (exact) mass is 475 g/mol. The SMILES string of the molecule is C1=CC2C3=c4sc5c(c4=CCC3N3C4=C6B(C7=CCCC=C7SC6=CCC4)C(=C1)C23)C=CCC5. The topological polar surface area (TPSA) is 3.24 Å². The summed E-state index contributed by atoms with van der Waals surface area (Å²) in [4.78, 5) is 7.66. The fraction of sp³-hybridized carbons (Fsp3) is 0.333. The second kappa shape index (κ2) is 6.74. The van der Waals surface area contributed by atoms with Gasteiger partial charge in [-0.1, -0.05) is 77.4 Å². The van der Waals surface area contributed by atoms with Crippen LogP contribution in [0.15, 0.2) is 74.5 Å². The van der Waals surface area contributed by atoms with Crippen LogP contribution >= 0.6 is 23.1 Å². The average molecular weight is 475 g/mol. The Morgan fingerprint density at radius 3 is 2.91 bits per heavy atom. The van der Waals surface area contributed by atoms with Crippen LogP contribution in [0, 0.1) is 5.92 Å². The van der Waals surface area contributed by atoms with Crippen molar-refractivity contribution in [1.82, 2.24) is 4.90 Å². The van der Waals surface area contributed by atoms with Crippen molar-refractivity contribution >= 4 is 47.5 Å². The van der Waals surface area contributed by atoms with Crippen LogP contribution < -0.4 is 9.75 Å². The first-order valence-corrected chi connectivity index (χ1v) is 14.7. The van der Waals surface area contributed by atoms with Gasteiger partial charge in [0.1, 0.15) is 0 Å². The van der Waals surface area contributed by atoms with Crippen LogP contribution in [0.2, 0.25) is 0 Å². The molecule has 0 radical (unpaired) electrons. The molecule has 1 aromatic heterocycles. The third-order valence-electron chi connectivity index (χ3n) is 9.23. The molecule has 3 unspecified atom stereocenters. The van der Waals surface area contributed by atoms with Gasteiger partial charge in [0.15, 0.2) is 0 Å². The van der Waals surface area contributed by atoms with Crippen molar-refractivity contribution in [2.75, 3.05) is 0 Å². The summed E-state index contributed by atoms with van der Waals surface area (Å²) in [5, 5.41) is 1.56. The van der Waals surface area contributed by atoms with Crippen molar-refractivity contribution in [3.63, 3.8) is 0 Å². The molecular weight excluding hydrogens is 449 g/mol. The average Bonchev–Trinajstić information content (AvgIpc) is 3.43. The minimum Gasteiger partial charge on any atom is -0.361 e. The van der Waals surface area contributed by atoms with Crippen molar-refractivity contribution < 1.29 is 0 Å². The minimum atomic E-state index is 0.478. The minimum absolute atomic E-state index is 0.478. The van der Waals surface area contributed by atoms with Crippen LogP contribution in [0.25, 0.3) is 17.7 Å². The number of rotatable bonds is 0. The van der Waals surface area contributed by atoms with Crippen molar-refractivity contribution in [3.05, 3.63) is 94.6 Å². The van der Waals surface area contributed by atoms with E-state index in [-0.39, 0.29) is 0 Å². The maximum Gasteiger partial charge on any atom is 0.244 e. The van der Waals surface area contributed by atoms with E-state index in [4.69, 9.17) is 0 Å². The normalized spacial score (nSPS) is 31.3. The second-order valence-electron chi connectivity index (χ2n) is 10.8. The molecule has 0 amide bonds. The smallest absolute Gasteiger partial charge is 0.244 e. The molecule has 0 spiro atoms. The summed E-state index contributed by atoms with van der Waals surface area (Å²) < 4.78 is 1.62. The van der Waals surface area contributed by atoms with Gasteiger partial charge in [-0.2, -0.15) is 0 Å². The Balaban J connectivity index is 1.32. The zero-order chi connectivity index (χ0) is 22.0. The van der Waals surface area contributed by atoms with Gasteiger partial charge in [0.2, 0.25) is 6.71 Å². The molecule has 2 fully saturated rings. The molecule has 9 rings (SSSR count). The van der Waals surface area contributed by atoms with E-state index < -0.39 is 0 Å². The summed E-state index contributed by atoms with van der Waals surface area (Å²) in [6.45, 7) is 0.478. The van der Waals surface area contributed by atoms with Crippen molar-refractivity contribution in [1.29, 1.82) is 0 Å². The number of hydrogen-bond acceptors (Lipinski definition) is 3. The van der Waals surface area contributed by atoms with Gasteiger partial charge >= 0.3 is 0 Å². The van der Waals surface area contributed by atoms with Crippen LogP contribution in [0.5, 0.6) is 0 Å². The summed E-state index contributed by atoms with van der Waals surface area (Å²) in [5.74, 6) is 0.524. The first-order valence-electron chi connectivity index (χ1n) is 13.1. The van der Waals surface area contributed by atoms with Crippen LogP contribution in [0.3, 0.4) is 0 Å². The first-order chi connectivity index (χ1) is 16.9. The Morgan fingerprint density at radius 1 is 0.971 bits per heavy atom. The lowest BCUT2D eigenvalue weighted by molar-refractivity contribution is 0.267. The lowest BCUT2D eigenvalue weighted by Crippen LogP contribution is -2.51. The van der Waals surface area contributed by atoms with E-state index in [0.29, 0.717) is 24.7 Å². The third kappa shape index (κ3) is 2.26. The highest BCUT2D eigenvalue weighted by Crippen LogP contribution is 2.59. The Hall–Kier alpha value is -2.17. The Morgan fingerprint density at radius 2 is 1.91 bits per heavy atom. The number of allylic oxidation sites excluding steroid dienone is 9. The van der Waals surface area contributed by atoms with E-state index in [1.165, 1.54) is 44.1 Å². The highest BCUT2D eigenvalue weighted by molar-refractivity contribution is 8.07. The van der Waals surface area contributed by atoms with Crippen LogP contribution in [-0.2, 0) is 6.42 Å². The molecule has 3 aliphatic heterocycles. The fourth-order valence-corrected chi connectivity index (χ4v) is 10.8. The highest BCUT2D eigenvalue weighted by Gasteiger charge is 2.56. The van der Waals surface area contributed by atoms with Gasteiger partial charge in [0, 0.05) is 30.8 Å². The molecular formula is C30H26BNS2. The van der Waals surface area contributed by atoms with Gasteiger partial charge < -0.3 is 4.90 Å². The van der Waals surface area contributed by atoms with Gasteiger partial charge in [-0.25, -0.2) is 0 Å². The van der Waals surface area contributed by atoms with E-state index in [2.05, 4.69) is 82.7 Å². The van der Waals surface area contributed by atoms with Gasteiger partial charge in [-0.05, 0) is 66.8 Å². The predicted molar refractivity (Wildman–Crippen MR) is 147 cm³/mol. The molecule has 4 heterocycles. The molecule has 0 aromatic carbocycles. The van der Waals surface area contributed by atoms with Crippen molar-refractivity contribution in [3.8, 4) is 0 Å². The van der Waals surface area contributed by atoms with Gasteiger partial charge in [0.05, 0.1) is 12.1 Å². The molecule has 1 aromatic rings. The molecule has 34 heavy (non-hydrogen) atoms. The quantitative estimate of drug-likeness (QED) is 0.449. The molecule has 5 aliphatic carbocycles. The van der Waals surface area contributed by atoms with Crippen molar-refractivity contribution in [2.24, 2.45) is 5.92 Å². The molecule has 0 N–H and O–H groups in total. The Labute approximate surface area is 209 Å². The molecule has 2 saturated heterocycles. The summed E-state index contributed by atoms with van der Waals surface area (Å²) >= 11 is 4.18. The van der Waals surface area contributed by atoms with Crippen LogP contribution in [0.1, 0.15) is 49.0 Å². The van der Waals surface area contributed by atoms with E-state index >= 15 is 0 Å². The molecule has 8 aliphatic rings. The van der Waals surface area contributed by atoms with Crippen molar-refractivity contribution in [2.45, 2.75) is 57.0 Å². The maximum atomic E-state index is 2.93. The standard InChI is InChI=1S/C30H26BNS2/c1-3-12-24-17(7-1)18-15-16-22-27(30(18)34-24)19-8-5-10-21-29(19)32(22)23-11-6-14-26-28(23)31(21)20-9-2-4-13-25(20)33-26/h1,5,7-10,13-15,19,22,29H,2-4,6,11-12,16H2. The zero-order valence-corrected chi connectivity index (χ0v) is 20.9. The number of thioether (sulfide) groups is 1. The second-order valence-corrected chi connectivity index (χ2v) is 13.0. The number of fused-ring (bicyclic) bond motifs is 10. The number of hydrogen-bond donors (Lipinski definition) is 0. The summed E-state index contributed by atoms with van der Waals surface area (Å²) in [6, 6.07) is 1.04. The fourth-order valence-electron chi connectivity index (χ4n) is 8.03. The van der Waals surface area contributed by atoms with E-state index in [1.54, 1.807) is 52.1 Å². The zero-order valence-electron chi connectivity index (χ0n) is 19.2. The van der Waals surface area contributed by atoms with Gasteiger partial charge in [-0.15, -0.1) is 11.3 Å². The Bertz CT molecular complexity index is 1540.